The number of Topliss-reactive ketones (excluding diaryl/α,β-unsaturated/α-hetero) is 1. The maximum Gasteiger partial charge on any atom is 0.407 e. The molecule has 1 aliphatic rings. The molecule has 0 unspecified atom stereocenters. The van der Waals surface area contributed by atoms with Crippen molar-refractivity contribution in [3.05, 3.63) is 71.7 Å². The molecule has 3 aromatic rings. The first-order valence-corrected chi connectivity index (χ1v) is 10.9. The fourth-order valence-electron chi connectivity index (χ4n) is 3.81. The van der Waals surface area contributed by atoms with Crippen molar-refractivity contribution in [2.45, 2.75) is 31.9 Å². The van der Waals surface area contributed by atoms with E-state index < -0.39 is 6.09 Å². The summed E-state index contributed by atoms with van der Waals surface area (Å²) in [5.74, 6) is 0.783. The van der Waals surface area contributed by atoms with Crippen LogP contribution in [0.1, 0.15) is 23.1 Å². The van der Waals surface area contributed by atoms with E-state index in [0.29, 0.717) is 38.3 Å². The van der Waals surface area contributed by atoms with Gasteiger partial charge in [-0.2, -0.15) is 0 Å². The van der Waals surface area contributed by atoms with Gasteiger partial charge in [-0.3, -0.25) is 4.79 Å². The van der Waals surface area contributed by atoms with E-state index in [9.17, 15) is 9.59 Å². The maximum atomic E-state index is 12.7. The molecule has 8 nitrogen and oxygen atoms in total. The molecule has 1 atom stereocenters. The molecule has 4 rings (SSSR count). The van der Waals surface area contributed by atoms with Crippen LogP contribution in [0.5, 0.6) is 5.75 Å². The van der Waals surface area contributed by atoms with Crippen LogP contribution >= 0.6 is 0 Å². The minimum Gasteiger partial charge on any atom is -0.496 e. The first-order chi connectivity index (χ1) is 16.1. The zero-order chi connectivity index (χ0) is 23.0. The molecule has 0 spiro atoms. The standard InChI is InChI=1S/C25H27N3O5/c1-31-24-12-18(5-6-22(24)23-14-26-16-28-23)11-20(29)10-17-3-2-4-19(9-17)13-27-25(30)33-21-7-8-32-15-21/h2-6,9,12,14,16,21H,7-8,10-11,13,15H2,1H3,(H,26,28)(H,27,30)/t21-/m0/s1. The molecular weight excluding hydrogens is 422 g/mol. The third kappa shape index (κ3) is 6.20. The Labute approximate surface area is 192 Å². The number of nitrogens with zero attached hydrogens (tertiary/aromatic N) is 1. The number of alkyl carbamates (subject to hydrolysis) is 1. The van der Waals surface area contributed by atoms with Crippen LogP contribution < -0.4 is 10.1 Å². The Morgan fingerprint density at radius 2 is 1.97 bits per heavy atom. The van der Waals surface area contributed by atoms with E-state index >= 15 is 0 Å². The molecule has 1 aliphatic heterocycles. The molecule has 2 N–H and O–H groups in total. The molecule has 2 aromatic carbocycles. The van der Waals surface area contributed by atoms with Crippen molar-refractivity contribution in [2.24, 2.45) is 0 Å². The van der Waals surface area contributed by atoms with Crippen LogP contribution in [0.3, 0.4) is 0 Å². The second kappa shape index (κ2) is 10.8. The Bertz CT molecular complexity index is 1090. The van der Waals surface area contributed by atoms with Crippen LogP contribution in [0.15, 0.2) is 55.0 Å². The van der Waals surface area contributed by atoms with Crippen molar-refractivity contribution in [1.82, 2.24) is 15.3 Å². The average molecular weight is 450 g/mol. The number of ether oxygens (including phenoxy) is 3. The number of imidazole rings is 1. The van der Waals surface area contributed by atoms with Crippen molar-refractivity contribution in [1.29, 1.82) is 0 Å². The number of H-pyrrole nitrogens is 1. The Hall–Kier alpha value is -3.65. The Balaban J connectivity index is 1.31. The Morgan fingerprint density at radius 1 is 1.15 bits per heavy atom. The third-order valence-electron chi connectivity index (χ3n) is 5.45. The summed E-state index contributed by atoms with van der Waals surface area (Å²) in [5.41, 5.74) is 4.45. The van der Waals surface area contributed by atoms with Gasteiger partial charge < -0.3 is 24.5 Å². The summed E-state index contributed by atoms with van der Waals surface area (Å²) in [4.78, 5) is 31.7. The van der Waals surface area contributed by atoms with E-state index in [4.69, 9.17) is 14.2 Å². The van der Waals surface area contributed by atoms with Crippen LogP contribution in [-0.4, -0.2) is 48.3 Å². The average Bonchev–Trinajstić information content (AvgIpc) is 3.52. The monoisotopic (exact) mass is 449 g/mol. The van der Waals surface area contributed by atoms with Crippen molar-refractivity contribution in [2.75, 3.05) is 20.3 Å². The summed E-state index contributed by atoms with van der Waals surface area (Å²) in [6, 6.07) is 13.4. The fourth-order valence-corrected chi connectivity index (χ4v) is 3.81. The largest absolute Gasteiger partial charge is 0.496 e. The predicted molar refractivity (Wildman–Crippen MR) is 122 cm³/mol. The molecule has 33 heavy (non-hydrogen) atoms. The molecular formula is C25H27N3O5. The number of benzene rings is 2. The lowest BCUT2D eigenvalue weighted by molar-refractivity contribution is -0.117. The summed E-state index contributed by atoms with van der Waals surface area (Å²) >= 11 is 0. The van der Waals surface area contributed by atoms with E-state index in [1.54, 1.807) is 19.6 Å². The summed E-state index contributed by atoms with van der Waals surface area (Å²) in [6.07, 6.45) is 4.04. The first-order valence-electron chi connectivity index (χ1n) is 10.9. The van der Waals surface area contributed by atoms with E-state index in [1.807, 2.05) is 42.5 Å². The quantitative estimate of drug-likeness (QED) is 0.519. The smallest absolute Gasteiger partial charge is 0.407 e. The predicted octanol–water partition coefficient (Wildman–Crippen LogP) is 3.45. The lowest BCUT2D eigenvalue weighted by atomic mass is 9.99. The Morgan fingerprint density at radius 3 is 2.70 bits per heavy atom. The van der Waals surface area contributed by atoms with Crippen LogP contribution in [0.25, 0.3) is 11.3 Å². The van der Waals surface area contributed by atoms with Crippen LogP contribution in [0.2, 0.25) is 0 Å². The summed E-state index contributed by atoms with van der Waals surface area (Å²) in [6.45, 7) is 1.40. The van der Waals surface area contributed by atoms with E-state index in [-0.39, 0.29) is 11.9 Å². The van der Waals surface area contributed by atoms with Gasteiger partial charge in [-0.15, -0.1) is 0 Å². The normalized spacial score (nSPS) is 15.2. The molecule has 0 bridgehead atoms. The van der Waals surface area contributed by atoms with Gasteiger partial charge in [0.2, 0.25) is 0 Å². The fraction of sp³-hybridized carbons (Fsp3) is 0.320. The molecule has 8 heteroatoms. The molecule has 1 aromatic heterocycles. The van der Waals surface area contributed by atoms with Gasteiger partial charge in [0.25, 0.3) is 0 Å². The molecule has 1 saturated heterocycles. The van der Waals surface area contributed by atoms with Crippen LogP contribution in [0.4, 0.5) is 4.79 Å². The number of carbonyl (C=O) groups is 2. The van der Waals surface area contributed by atoms with Crippen molar-refractivity contribution in [3.8, 4) is 17.0 Å². The topological polar surface area (TPSA) is 103 Å². The number of rotatable bonds is 9. The van der Waals surface area contributed by atoms with Gasteiger partial charge in [0.1, 0.15) is 17.6 Å². The molecule has 0 radical (unpaired) electrons. The van der Waals surface area contributed by atoms with Crippen molar-refractivity contribution < 1.29 is 23.8 Å². The Kier molecular flexibility index (Phi) is 7.36. The second-order valence-corrected chi connectivity index (χ2v) is 7.96. The zero-order valence-electron chi connectivity index (χ0n) is 18.5. The number of nitrogens with one attached hydrogen (secondary N) is 2. The number of ketones is 1. The summed E-state index contributed by atoms with van der Waals surface area (Å²) in [5, 5.41) is 2.75. The SMILES string of the molecule is COc1cc(CC(=O)Cc2cccc(CNC(=O)O[C@H]3CCOC3)c2)ccc1-c1cnc[nH]1. The number of aromatic nitrogens is 2. The third-order valence-corrected chi connectivity index (χ3v) is 5.45. The highest BCUT2D eigenvalue weighted by atomic mass is 16.6. The van der Waals surface area contributed by atoms with Crippen molar-refractivity contribution >= 4 is 11.9 Å². The van der Waals surface area contributed by atoms with Gasteiger partial charge in [-0.05, 0) is 28.8 Å². The van der Waals surface area contributed by atoms with Crippen LogP contribution in [-0.2, 0) is 33.7 Å². The number of aromatic amines is 1. The van der Waals surface area contributed by atoms with Crippen molar-refractivity contribution in [3.63, 3.8) is 0 Å². The highest BCUT2D eigenvalue weighted by molar-refractivity contribution is 5.83. The van der Waals surface area contributed by atoms with Gasteiger partial charge in [-0.25, -0.2) is 9.78 Å². The number of amides is 1. The minimum absolute atomic E-state index is 0.0945. The molecule has 172 valence electrons. The van der Waals surface area contributed by atoms with Gasteiger partial charge in [-0.1, -0.05) is 30.3 Å². The van der Waals surface area contributed by atoms with E-state index in [0.717, 1.165) is 34.4 Å². The summed E-state index contributed by atoms with van der Waals surface area (Å²) < 4.78 is 16.0. The minimum atomic E-state index is -0.459. The van der Waals surface area contributed by atoms with E-state index in [2.05, 4.69) is 15.3 Å². The summed E-state index contributed by atoms with van der Waals surface area (Å²) in [7, 11) is 1.61. The van der Waals surface area contributed by atoms with Gasteiger partial charge in [0, 0.05) is 31.4 Å². The molecule has 1 fully saturated rings. The lowest BCUT2D eigenvalue weighted by Crippen LogP contribution is -2.28. The molecule has 2 heterocycles. The van der Waals surface area contributed by atoms with Crippen LogP contribution in [0, 0.1) is 0 Å². The van der Waals surface area contributed by atoms with Gasteiger partial charge in [0.15, 0.2) is 0 Å². The number of methoxy groups -OCH3 is 1. The molecule has 0 saturated carbocycles. The lowest BCUT2D eigenvalue weighted by Gasteiger charge is -2.12. The first kappa shape index (κ1) is 22.5. The maximum absolute atomic E-state index is 12.7. The number of carbonyl (C=O) groups excluding carboxylic acids is 2. The molecule has 1 amide bonds. The number of hydrogen-bond acceptors (Lipinski definition) is 6. The number of hydrogen-bond donors (Lipinski definition) is 2. The van der Waals surface area contributed by atoms with E-state index in [1.165, 1.54) is 0 Å². The highest BCUT2D eigenvalue weighted by Crippen LogP contribution is 2.29. The second-order valence-electron chi connectivity index (χ2n) is 7.96. The molecule has 0 aliphatic carbocycles. The van der Waals surface area contributed by atoms with Gasteiger partial charge >= 0.3 is 6.09 Å². The highest BCUT2D eigenvalue weighted by Gasteiger charge is 2.19. The van der Waals surface area contributed by atoms with Gasteiger partial charge in [0.05, 0.1) is 38.5 Å². The zero-order valence-corrected chi connectivity index (χ0v) is 18.5.